The number of rotatable bonds is 4. The Balaban J connectivity index is 2.01. The van der Waals surface area contributed by atoms with Crippen molar-refractivity contribution in [3.8, 4) is 0 Å². The number of carbonyl (C=O) groups excluding carboxylic acids is 2. The highest BCUT2D eigenvalue weighted by atomic mass is 32.1. The molecule has 1 N–H and O–H groups in total. The number of likely N-dealkylation sites (tertiary alicyclic amines) is 1. The molecule has 19 heavy (non-hydrogen) atoms. The maximum atomic E-state index is 12.4. The van der Waals surface area contributed by atoms with Crippen molar-refractivity contribution < 1.29 is 9.59 Å². The quantitative estimate of drug-likeness (QED) is 0.919. The van der Waals surface area contributed by atoms with Gasteiger partial charge in [0.05, 0.1) is 4.88 Å². The first-order valence-electron chi connectivity index (χ1n) is 6.85. The van der Waals surface area contributed by atoms with E-state index >= 15 is 0 Å². The van der Waals surface area contributed by atoms with E-state index in [-0.39, 0.29) is 17.9 Å². The average molecular weight is 280 g/mol. The SMILES string of the molecule is CCCN1CCCCC(NC(=O)c2cccs2)C1=O. The smallest absolute Gasteiger partial charge is 0.261 e. The molecule has 2 amide bonds. The van der Waals surface area contributed by atoms with Crippen molar-refractivity contribution in [2.24, 2.45) is 0 Å². The van der Waals surface area contributed by atoms with Gasteiger partial charge in [0.2, 0.25) is 5.91 Å². The Morgan fingerprint density at radius 1 is 1.53 bits per heavy atom. The monoisotopic (exact) mass is 280 g/mol. The number of nitrogens with one attached hydrogen (secondary N) is 1. The van der Waals surface area contributed by atoms with Crippen LogP contribution in [0.4, 0.5) is 0 Å². The molecule has 0 spiro atoms. The first-order valence-corrected chi connectivity index (χ1v) is 7.73. The van der Waals surface area contributed by atoms with E-state index in [0.717, 1.165) is 38.8 Å². The molecule has 0 radical (unpaired) electrons. The summed E-state index contributed by atoms with van der Waals surface area (Å²) in [5, 5.41) is 4.75. The molecule has 1 atom stereocenters. The van der Waals surface area contributed by atoms with Gasteiger partial charge in [-0.1, -0.05) is 13.0 Å². The standard InChI is InChI=1S/C14H20N2O2S/c1-2-8-16-9-4-3-6-11(14(16)18)15-13(17)12-7-5-10-19-12/h5,7,10-11H,2-4,6,8-9H2,1H3,(H,15,17). The Hall–Kier alpha value is -1.36. The number of thiophene rings is 1. The molecule has 0 aromatic carbocycles. The Kier molecular flexibility index (Phi) is 4.96. The van der Waals surface area contributed by atoms with Gasteiger partial charge >= 0.3 is 0 Å². The van der Waals surface area contributed by atoms with E-state index in [1.54, 1.807) is 6.07 Å². The van der Waals surface area contributed by atoms with Gasteiger partial charge in [0.1, 0.15) is 6.04 Å². The molecule has 1 unspecified atom stereocenters. The van der Waals surface area contributed by atoms with E-state index in [2.05, 4.69) is 12.2 Å². The minimum Gasteiger partial charge on any atom is -0.341 e. The third-order valence-corrected chi connectivity index (χ3v) is 4.19. The van der Waals surface area contributed by atoms with Gasteiger partial charge in [-0.25, -0.2) is 0 Å². The molecule has 1 saturated heterocycles. The molecule has 0 bridgehead atoms. The summed E-state index contributed by atoms with van der Waals surface area (Å²) in [5.41, 5.74) is 0. The highest BCUT2D eigenvalue weighted by Crippen LogP contribution is 2.14. The average Bonchev–Trinajstić information content (AvgIpc) is 2.88. The van der Waals surface area contributed by atoms with Crippen LogP contribution < -0.4 is 5.32 Å². The van der Waals surface area contributed by atoms with Crippen LogP contribution in [0, 0.1) is 0 Å². The zero-order valence-electron chi connectivity index (χ0n) is 11.2. The summed E-state index contributed by atoms with van der Waals surface area (Å²) >= 11 is 1.40. The molecule has 2 rings (SSSR count). The number of hydrogen-bond acceptors (Lipinski definition) is 3. The van der Waals surface area contributed by atoms with Crippen LogP contribution in [0.15, 0.2) is 17.5 Å². The van der Waals surface area contributed by atoms with Gasteiger partial charge in [-0.2, -0.15) is 0 Å². The topological polar surface area (TPSA) is 49.4 Å². The summed E-state index contributed by atoms with van der Waals surface area (Å²) in [4.78, 5) is 26.9. The largest absolute Gasteiger partial charge is 0.341 e. The molecular formula is C14H20N2O2S. The Morgan fingerprint density at radius 2 is 2.37 bits per heavy atom. The second-order valence-corrected chi connectivity index (χ2v) is 5.77. The summed E-state index contributed by atoms with van der Waals surface area (Å²) in [7, 11) is 0. The van der Waals surface area contributed by atoms with Gasteiger partial charge < -0.3 is 10.2 Å². The zero-order chi connectivity index (χ0) is 13.7. The van der Waals surface area contributed by atoms with Gasteiger partial charge in [0.25, 0.3) is 5.91 Å². The first kappa shape index (κ1) is 14.1. The van der Waals surface area contributed by atoms with Crippen LogP contribution >= 0.6 is 11.3 Å². The van der Waals surface area contributed by atoms with Crippen LogP contribution in [-0.4, -0.2) is 35.8 Å². The fraction of sp³-hybridized carbons (Fsp3) is 0.571. The summed E-state index contributed by atoms with van der Waals surface area (Å²) in [6.07, 6.45) is 3.71. The van der Waals surface area contributed by atoms with E-state index < -0.39 is 0 Å². The lowest BCUT2D eigenvalue weighted by Gasteiger charge is -2.24. The summed E-state index contributed by atoms with van der Waals surface area (Å²) < 4.78 is 0. The molecule has 1 aliphatic rings. The highest BCUT2D eigenvalue weighted by Gasteiger charge is 2.28. The Morgan fingerprint density at radius 3 is 3.05 bits per heavy atom. The fourth-order valence-electron chi connectivity index (χ4n) is 2.37. The highest BCUT2D eigenvalue weighted by molar-refractivity contribution is 7.12. The maximum Gasteiger partial charge on any atom is 0.261 e. The van der Waals surface area contributed by atoms with Gasteiger partial charge in [-0.3, -0.25) is 9.59 Å². The lowest BCUT2D eigenvalue weighted by molar-refractivity contribution is -0.132. The van der Waals surface area contributed by atoms with Gasteiger partial charge in [0, 0.05) is 13.1 Å². The summed E-state index contributed by atoms with van der Waals surface area (Å²) in [6.45, 7) is 3.67. The fourth-order valence-corrected chi connectivity index (χ4v) is 2.99. The second-order valence-electron chi connectivity index (χ2n) is 4.82. The number of hydrogen-bond donors (Lipinski definition) is 1. The Labute approximate surface area is 117 Å². The third-order valence-electron chi connectivity index (χ3n) is 3.32. The molecular weight excluding hydrogens is 260 g/mol. The second kappa shape index (κ2) is 6.70. The maximum absolute atomic E-state index is 12.4. The predicted molar refractivity (Wildman–Crippen MR) is 76.3 cm³/mol. The minimum absolute atomic E-state index is 0.0734. The zero-order valence-corrected chi connectivity index (χ0v) is 12.0. The lowest BCUT2D eigenvalue weighted by Crippen LogP contribution is -2.47. The van der Waals surface area contributed by atoms with E-state index in [1.807, 2.05) is 16.3 Å². The molecule has 5 heteroatoms. The van der Waals surface area contributed by atoms with Crippen molar-refractivity contribution >= 4 is 23.2 Å². The molecule has 2 heterocycles. The number of amides is 2. The molecule has 0 aliphatic carbocycles. The van der Waals surface area contributed by atoms with Crippen molar-refractivity contribution in [3.63, 3.8) is 0 Å². The van der Waals surface area contributed by atoms with Crippen LogP contribution in [0.3, 0.4) is 0 Å². The van der Waals surface area contributed by atoms with E-state index in [9.17, 15) is 9.59 Å². The predicted octanol–water partition coefficient (Wildman–Crippen LogP) is 2.27. The van der Waals surface area contributed by atoms with Gasteiger partial charge in [0.15, 0.2) is 0 Å². The van der Waals surface area contributed by atoms with Crippen LogP contribution in [-0.2, 0) is 4.79 Å². The van der Waals surface area contributed by atoms with Gasteiger partial charge in [-0.05, 0) is 37.1 Å². The molecule has 1 fully saturated rings. The van der Waals surface area contributed by atoms with Crippen LogP contribution in [0.1, 0.15) is 42.3 Å². The van der Waals surface area contributed by atoms with Crippen molar-refractivity contribution in [1.82, 2.24) is 10.2 Å². The molecule has 1 aromatic rings. The summed E-state index contributed by atoms with van der Waals surface area (Å²) in [5.74, 6) is -0.0593. The molecule has 0 saturated carbocycles. The molecule has 1 aromatic heterocycles. The number of carbonyl (C=O) groups is 2. The van der Waals surface area contributed by atoms with Crippen molar-refractivity contribution in [2.45, 2.75) is 38.6 Å². The van der Waals surface area contributed by atoms with Crippen LogP contribution in [0.2, 0.25) is 0 Å². The Bertz CT molecular complexity index is 431. The summed E-state index contributed by atoms with van der Waals surface area (Å²) in [6, 6.07) is 3.27. The minimum atomic E-state index is -0.358. The lowest BCUT2D eigenvalue weighted by atomic mass is 10.1. The molecule has 4 nitrogen and oxygen atoms in total. The number of nitrogens with zero attached hydrogens (tertiary/aromatic N) is 1. The van der Waals surface area contributed by atoms with Crippen LogP contribution in [0.25, 0.3) is 0 Å². The normalized spacial score (nSPS) is 20.2. The first-order chi connectivity index (χ1) is 9.22. The van der Waals surface area contributed by atoms with Crippen molar-refractivity contribution in [3.05, 3.63) is 22.4 Å². The van der Waals surface area contributed by atoms with Crippen LogP contribution in [0.5, 0.6) is 0 Å². The van der Waals surface area contributed by atoms with E-state index in [1.165, 1.54) is 11.3 Å². The molecule has 1 aliphatic heterocycles. The van der Waals surface area contributed by atoms with E-state index in [0.29, 0.717) is 4.88 Å². The van der Waals surface area contributed by atoms with Gasteiger partial charge in [-0.15, -0.1) is 11.3 Å². The molecule has 104 valence electrons. The van der Waals surface area contributed by atoms with Crippen molar-refractivity contribution in [2.75, 3.05) is 13.1 Å². The third kappa shape index (κ3) is 3.56. The van der Waals surface area contributed by atoms with Crippen molar-refractivity contribution in [1.29, 1.82) is 0 Å². The van der Waals surface area contributed by atoms with E-state index in [4.69, 9.17) is 0 Å².